The molecule has 0 saturated carbocycles. The summed E-state index contributed by atoms with van der Waals surface area (Å²) in [6.07, 6.45) is 1.42. The van der Waals surface area contributed by atoms with Gasteiger partial charge in [0.1, 0.15) is 35.4 Å². The second kappa shape index (κ2) is 12.4. The molecule has 1 N–H and O–H groups in total. The lowest BCUT2D eigenvalue weighted by atomic mass is 9.94. The summed E-state index contributed by atoms with van der Waals surface area (Å²) in [5, 5.41) is 11.6. The van der Waals surface area contributed by atoms with Gasteiger partial charge in [0.05, 0.1) is 17.3 Å². The summed E-state index contributed by atoms with van der Waals surface area (Å²) in [6, 6.07) is 18.8. The van der Waals surface area contributed by atoms with E-state index < -0.39 is 35.3 Å². The third-order valence-corrected chi connectivity index (χ3v) is 7.98. The monoisotopic (exact) mass is 598 g/mol. The summed E-state index contributed by atoms with van der Waals surface area (Å²) in [7, 11) is 0. The smallest absolute Gasteiger partial charge is 0.350 e. The molecule has 2 heterocycles. The minimum Gasteiger partial charge on any atom is -0.507 e. The van der Waals surface area contributed by atoms with Crippen LogP contribution in [0, 0.1) is 19.7 Å². The molecular formula is C33H27FN2O6S. The summed E-state index contributed by atoms with van der Waals surface area (Å²) in [6.45, 7) is 7.19. The molecule has 5 rings (SSSR count). The lowest BCUT2D eigenvalue weighted by molar-refractivity contribution is -0.132. The Hall–Kier alpha value is -5.09. The molecule has 1 amide bonds. The van der Waals surface area contributed by atoms with Crippen molar-refractivity contribution in [3.63, 3.8) is 0 Å². The highest BCUT2D eigenvalue weighted by Gasteiger charge is 2.48. The maximum Gasteiger partial charge on any atom is 0.350 e. The Kier molecular flexibility index (Phi) is 8.49. The normalized spacial score (nSPS) is 15.9. The van der Waals surface area contributed by atoms with Gasteiger partial charge in [-0.05, 0) is 60.9 Å². The Morgan fingerprint density at radius 1 is 1.09 bits per heavy atom. The largest absolute Gasteiger partial charge is 0.507 e. The number of aliphatic hydroxyl groups excluding tert-OH is 1. The Labute approximate surface area is 251 Å². The molecule has 1 aliphatic heterocycles. The van der Waals surface area contributed by atoms with Crippen LogP contribution in [0.5, 0.6) is 5.75 Å². The number of thiazole rings is 1. The van der Waals surface area contributed by atoms with Crippen LogP contribution in [0.25, 0.3) is 5.76 Å². The number of hydrogen-bond acceptors (Lipinski definition) is 8. The summed E-state index contributed by atoms with van der Waals surface area (Å²) < 4.78 is 24.9. The number of anilines is 1. The first-order chi connectivity index (χ1) is 20.7. The minimum atomic E-state index is -1.14. The molecule has 0 spiro atoms. The zero-order valence-corrected chi connectivity index (χ0v) is 24.2. The summed E-state index contributed by atoms with van der Waals surface area (Å²) in [5.41, 5.74) is 2.38. The van der Waals surface area contributed by atoms with Crippen LogP contribution in [-0.4, -0.2) is 34.4 Å². The van der Waals surface area contributed by atoms with Gasteiger partial charge >= 0.3 is 11.9 Å². The zero-order chi connectivity index (χ0) is 30.7. The first-order valence-electron chi connectivity index (χ1n) is 13.3. The average molecular weight is 599 g/mol. The highest BCUT2D eigenvalue weighted by molar-refractivity contribution is 7.17. The summed E-state index contributed by atoms with van der Waals surface area (Å²) in [5.74, 6) is -2.90. The molecule has 0 bridgehead atoms. The van der Waals surface area contributed by atoms with Crippen LogP contribution in [0.15, 0.2) is 91.0 Å². The maximum atomic E-state index is 13.9. The molecular weight excluding hydrogens is 571 g/mol. The molecule has 0 radical (unpaired) electrons. The fourth-order valence-electron chi connectivity index (χ4n) is 4.74. The second-order valence-electron chi connectivity index (χ2n) is 9.77. The van der Waals surface area contributed by atoms with Crippen molar-refractivity contribution in [2.45, 2.75) is 26.5 Å². The molecule has 4 aromatic rings. The van der Waals surface area contributed by atoms with Crippen molar-refractivity contribution < 1.29 is 33.4 Å². The van der Waals surface area contributed by atoms with Crippen molar-refractivity contribution in [1.82, 2.24) is 4.98 Å². The number of ether oxygens (including phenoxy) is 2. The van der Waals surface area contributed by atoms with Gasteiger partial charge in [0.15, 0.2) is 5.13 Å². The van der Waals surface area contributed by atoms with Crippen molar-refractivity contribution in [2.24, 2.45) is 0 Å². The number of amides is 1. The number of carbonyl (C=O) groups is 3. The van der Waals surface area contributed by atoms with Crippen LogP contribution in [0.1, 0.15) is 43.7 Å². The number of ketones is 1. The highest BCUT2D eigenvalue weighted by Crippen LogP contribution is 2.44. The lowest BCUT2D eigenvalue weighted by Gasteiger charge is -2.23. The van der Waals surface area contributed by atoms with E-state index in [0.717, 1.165) is 21.8 Å². The van der Waals surface area contributed by atoms with Crippen molar-refractivity contribution in [2.75, 3.05) is 11.5 Å². The molecule has 1 atom stereocenters. The third-order valence-electron chi connectivity index (χ3n) is 6.84. The standard InChI is InChI=1S/C33H27FN2O6S/c1-4-16-41-32(40)30-20(3)35-33(43-30)36-27(22-10-12-23(34)13-11-22)26(29(38)31(36)39)28(37)25-15-14-24(17-19(25)2)42-18-21-8-6-5-7-9-21/h4-15,17,27,37H,1,16,18H2,2-3H3/b28-26+. The van der Waals surface area contributed by atoms with Crippen molar-refractivity contribution in [1.29, 1.82) is 0 Å². The van der Waals surface area contributed by atoms with E-state index in [4.69, 9.17) is 9.47 Å². The van der Waals surface area contributed by atoms with Crippen LogP contribution in [0.4, 0.5) is 9.52 Å². The fourth-order valence-corrected chi connectivity index (χ4v) is 5.73. The summed E-state index contributed by atoms with van der Waals surface area (Å²) in [4.78, 5) is 45.3. The third kappa shape index (κ3) is 5.96. The Bertz CT molecular complexity index is 1750. The van der Waals surface area contributed by atoms with E-state index in [1.54, 1.807) is 32.0 Å². The Morgan fingerprint density at radius 3 is 2.49 bits per heavy atom. The van der Waals surface area contributed by atoms with E-state index in [1.165, 1.54) is 30.3 Å². The van der Waals surface area contributed by atoms with Gasteiger partial charge in [0.2, 0.25) is 0 Å². The Morgan fingerprint density at radius 2 is 1.81 bits per heavy atom. The molecule has 43 heavy (non-hydrogen) atoms. The van der Waals surface area contributed by atoms with Crippen LogP contribution in [0.3, 0.4) is 0 Å². The van der Waals surface area contributed by atoms with E-state index >= 15 is 0 Å². The number of benzene rings is 3. The van der Waals surface area contributed by atoms with E-state index in [0.29, 0.717) is 34.7 Å². The first-order valence-corrected chi connectivity index (χ1v) is 14.1. The SMILES string of the molecule is C=CCOC(=O)c1sc(N2C(=O)C(=O)/C(=C(/O)c3ccc(OCc4ccccc4)cc3C)C2c2ccc(F)cc2)nc1C. The van der Waals surface area contributed by atoms with Gasteiger partial charge in [0, 0.05) is 5.56 Å². The number of Topliss-reactive ketones (excluding diaryl/α,β-unsaturated/α-hetero) is 1. The van der Waals surface area contributed by atoms with Crippen molar-refractivity contribution in [3.05, 3.63) is 130 Å². The first kappa shape index (κ1) is 29.4. The Balaban J connectivity index is 1.55. The zero-order valence-electron chi connectivity index (χ0n) is 23.4. The highest BCUT2D eigenvalue weighted by atomic mass is 32.1. The van der Waals surface area contributed by atoms with Gasteiger partial charge in [-0.1, -0.05) is 66.5 Å². The number of nitrogens with zero attached hydrogens (tertiary/aromatic N) is 2. The van der Waals surface area contributed by atoms with Gasteiger partial charge in [-0.2, -0.15) is 0 Å². The van der Waals surface area contributed by atoms with Gasteiger partial charge < -0.3 is 14.6 Å². The van der Waals surface area contributed by atoms with Crippen LogP contribution < -0.4 is 9.64 Å². The van der Waals surface area contributed by atoms with E-state index in [1.807, 2.05) is 30.3 Å². The van der Waals surface area contributed by atoms with Gasteiger partial charge in [-0.15, -0.1) is 0 Å². The van der Waals surface area contributed by atoms with Gasteiger partial charge in [-0.25, -0.2) is 14.2 Å². The van der Waals surface area contributed by atoms with E-state index in [9.17, 15) is 23.9 Å². The predicted molar refractivity (Wildman–Crippen MR) is 160 cm³/mol. The van der Waals surface area contributed by atoms with Gasteiger partial charge in [-0.3, -0.25) is 14.5 Å². The maximum absolute atomic E-state index is 13.9. The van der Waals surface area contributed by atoms with Crippen LogP contribution in [0.2, 0.25) is 0 Å². The molecule has 3 aromatic carbocycles. The lowest BCUT2D eigenvalue weighted by Crippen LogP contribution is -2.29. The molecule has 218 valence electrons. The quantitative estimate of drug-likeness (QED) is 0.0776. The number of rotatable bonds is 9. The van der Waals surface area contributed by atoms with E-state index in [-0.39, 0.29) is 22.2 Å². The molecule has 1 unspecified atom stereocenters. The summed E-state index contributed by atoms with van der Waals surface area (Å²) >= 11 is 0.879. The molecule has 1 fully saturated rings. The van der Waals surface area contributed by atoms with Crippen molar-refractivity contribution >= 4 is 39.9 Å². The molecule has 1 aromatic heterocycles. The number of carbonyl (C=O) groups excluding carboxylic acids is 3. The van der Waals surface area contributed by atoms with Crippen LogP contribution in [-0.2, 0) is 20.9 Å². The van der Waals surface area contributed by atoms with Gasteiger partial charge in [0.25, 0.3) is 5.78 Å². The molecule has 8 nitrogen and oxygen atoms in total. The fraction of sp³-hybridized carbons (Fsp3) is 0.152. The number of aliphatic hydroxyl groups is 1. The molecule has 1 saturated heterocycles. The number of hydrogen-bond donors (Lipinski definition) is 1. The molecule has 1 aliphatic rings. The van der Waals surface area contributed by atoms with E-state index in [2.05, 4.69) is 11.6 Å². The van der Waals surface area contributed by atoms with Crippen LogP contribution >= 0.6 is 11.3 Å². The number of halogens is 1. The minimum absolute atomic E-state index is 0.0129. The number of aromatic nitrogens is 1. The predicted octanol–water partition coefficient (Wildman–Crippen LogP) is 6.45. The van der Waals surface area contributed by atoms with Crippen molar-refractivity contribution in [3.8, 4) is 5.75 Å². The molecule has 10 heteroatoms. The second-order valence-corrected chi connectivity index (χ2v) is 10.7. The average Bonchev–Trinajstić information content (AvgIpc) is 3.51. The molecule has 0 aliphatic carbocycles. The number of aryl methyl sites for hydroxylation is 2. The number of esters is 1. The topological polar surface area (TPSA) is 106 Å².